The lowest BCUT2D eigenvalue weighted by molar-refractivity contribution is 0.586. The van der Waals surface area contributed by atoms with Gasteiger partial charge in [-0.3, -0.25) is 4.57 Å². The zero-order chi connectivity index (χ0) is 17.0. The van der Waals surface area contributed by atoms with Crippen molar-refractivity contribution in [1.29, 1.82) is 0 Å². The first-order valence-electron chi connectivity index (χ1n) is 7.91. The molecule has 0 bridgehead atoms. The number of hydrogen-bond donors (Lipinski definition) is 1. The van der Waals surface area contributed by atoms with Crippen LogP contribution in [-0.2, 0) is 4.57 Å². The quantitative estimate of drug-likeness (QED) is 0.702. The number of rotatable bonds is 5. The Kier molecular flexibility index (Phi) is 5.31. The van der Waals surface area contributed by atoms with Gasteiger partial charge < -0.3 is 0 Å². The Bertz CT molecular complexity index is 800. The third-order valence-corrected chi connectivity index (χ3v) is 8.15. The summed E-state index contributed by atoms with van der Waals surface area (Å²) in [6.45, 7) is 4.18. The molecule has 122 valence electrons. The molecule has 3 aromatic carbocycles. The molecule has 0 saturated heterocycles. The smallest absolute Gasteiger partial charge is 0.208 e. The van der Waals surface area contributed by atoms with Gasteiger partial charge in [0, 0.05) is 10.6 Å². The Balaban J connectivity index is 1.96. The lowest BCUT2D eigenvalue weighted by Gasteiger charge is -2.21. The van der Waals surface area contributed by atoms with Gasteiger partial charge in [0.05, 0.1) is 0 Å². The Morgan fingerprint density at radius 3 is 1.67 bits per heavy atom. The third-order valence-electron chi connectivity index (χ3n) is 3.82. The Labute approximate surface area is 145 Å². The summed E-state index contributed by atoms with van der Waals surface area (Å²) in [5, 5.41) is 2.86. The van der Waals surface area contributed by atoms with Gasteiger partial charge in [-0.1, -0.05) is 65.7 Å². The zero-order valence-electron chi connectivity index (χ0n) is 13.9. The molecular weight excluding hydrogens is 332 g/mol. The molecular formula is C20H21NOP2. The molecule has 0 fully saturated rings. The normalized spacial score (nSPS) is 11.9. The summed E-state index contributed by atoms with van der Waals surface area (Å²) in [7, 11) is -2.57. The van der Waals surface area contributed by atoms with Crippen LogP contribution in [0.2, 0.25) is 0 Å². The number of benzene rings is 3. The van der Waals surface area contributed by atoms with Crippen LogP contribution in [0.15, 0.2) is 78.9 Å². The SMILES string of the molecule is Cc1cc(C)cc(PNP(=O)(c2ccccc2)c2ccccc2)c1. The van der Waals surface area contributed by atoms with Crippen molar-refractivity contribution in [3.05, 3.63) is 90.0 Å². The van der Waals surface area contributed by atoms with Gasteiger partial charge in [-0.2, -0.15) is 0 Å². The van der Waals surface area contributed by atoms with Crippen molar-refractivity contribution in [2.24, 2.45) is 0 Å². The van der Waals surface area contributed by atoms with Gasteiger partial charge in [-0.15, -0.1) is 0 Å². The van der Waals surface area contributed by atoms with Crippen LogP contribution in [0.3, 0.4) is 0 Å². The van der Waals surface area contributed by atoms with E-state index in [-0.39, 0.29) is 8.73 Å². The molecule has 2 nitrogen and oxygen atoms in total. The van der Waals surface area contributed by atoms with Gasteiger partial charge >= 0.3 is 0 Å². The van der Waals surface area contributed by atoms with Gasteiger partial charge in [0.2, 0.25) is 7.29 Å². The Morgan fingerprint density at radius 2 is 1.21 bits per heavy atom. The summed E-state index contributed by atoms with van der Waals surface area (Å²) in [4.78, 5) is 3.38. The standard InChI is InChI=1S/C20H21NOP2/c1-16-13-17(2)15-18(14-16)23-21-24(22,19-9-5-3-6-10-19)20-11-7-4-8-12-20/h3-15,23H,1-2H3,(H,21,22). The summed E-state index contributed by atoms with van der Waals surface area (Å²) in [6.07, 6.45) is 0. The van der Waals surface area contributed by atoms with Crippen molar-refractivity contribution >= 4 is 31.9 Å². The van der Waals surface area contributed by atoms with Crippen molar-refractivity contribution in [2.45, 2.75) is 13.8 Å². The fourth-order valence-corrected chi connectivity index (χ4v) is 7.00. The van der Waals surface area contributed by atoms with E-state index in [4.69, 9.17) is 0 Å². The summed E-state index contributed by atoms with van der Waals surface area (Å²) >= 11 is 0. The highest BCUT2D eigenvalue weighted by molar-refractivity contribution is 7.82. The van der Waals surface area contributed by atoms with Crippen LogP contribution < -0.4 is 20.8 Å². The number of aryl methyl sites for hydroxylation is 2. The summed E-state index contributed by atoms with van der Waals surface area (Å²) in [6, 6.07) is 25.9. The molecule has 3 aromatic rings. The van der Waals surface area contributed by atoms with Gasteiger partial charge in [-0.05, 0) is 52.1 Å². The topological polar surface area (TPSA) is 29.1 Å². The van der Waals surface area contributed by atoms with Crippen molar-refractivity contribution in [1.82, 2.24) is 4.86 Å². The molecule has 24 heavy (non-hydrogen) atoms. The highest BCUT2D eigenvalue weighted by Crippen LogP contribution is 2.42. The lowest BCUT2D eigenvalue weighted by Crippen LogP contribution is -2.24. The van der Waals surface area contributed by atoms with Crippen molar-refractivity contribution in [3.8, 4) is 0 Å². The molecule has 4 heteroatoms. The molecule has 0 amide bonds. The van der Waals surface area contributed by atoms with E-state index in [1.807, 2.05) is 60.7 Å². The molecule has 0 aliphatic rings. The molecule has 0 aliphatic carbocycles. The fraction of sp³-hybridized carbons (Fsp3) is 0.100. The molecule has 0 aromatic heterocycles. The second-order valence-electron chi connectivity index (χ2n) is 5.89. The number of hydrogen-bond acceptors (Lipinski definition) is 1. The maximum absolute atomic E-state index is 13.9. The fourth-order valence-electron chi connectivity index (χ4n) is 2.74. The van der Waals surface area contributed by atoms with Gasteiger partial charge in [-0.25, -0.2) is 4.86 Å². The van der Waals surface area contributed by atoms with E-state index in [0.29, 0.717) is 0 Å². The van der Waals surface area contributed by atoms with Gasteiger partial charge in [0.1, 0.15) is 0 Å². The first-order chi connectivity index (χ1) is 11.6. The minimum absolute atomic E-state index is 0.287. The molecule has 3 rings (SSSR count). The highest BCUT2D eigenvalue weighted by atomic mass is 31.2. The second kappa shape index (κ2) is 7.45. The predicted octanol–water partition coefficient (Wildman–Crippen LogP) is 4.04. The Hall–Kier alpha value is -1.72. The summed E-state index contributed by atoms with van der Waals surface area (Å²) in [5.74, 6) is 0. The average molecular weight is 353 g/mol. The van der Waals surface area contributed by atoms with E-state index in [1.54, 1.807) is 0 Å². The van der Waals surface area contributed by atoms with Crippen LogP contribution in [0.4, 0.5) is 0 Å². The molecule has 0 saturated carbocycles. The maximum Gasteiger partial charge on any atom is 0.208 e. The van der Waals surface area contributed by atoms with E-state index >= 15 is 0 Å². The minimum atomic E-state index is -2.86. The summed E-state index contributed by atoms with van der Waals surface area (Å²) < 4.78 is 13.9. The molecule has 1 atom stereocenters. The molecule has 1 N–H and O–H groups in total. The first kappa shape index (κ1) is 17.1. The van der Waals surface area contributed by atoms with Crippen LogP contribution in [0.25, 0.3) is 0 Å². The molecule has 0 aliphatic heterocycles. The van der Waals surface area contributed by atoms with Crippen LogP contribution >= 0.6 is 16.0 Å². The van der Waals surface area contributed by atoms with Crippen LogP contribution in [0.1, 0.15) is 11.1 Å². The average Bonchev–Trinajstić information content (AvgIpc) is 2.60. The molecule has 0 spiro atoms. The van der Waals surface area contributed by atoms with E-state index in [2.05, 4.69) is 36.9 Å². The van der Waals surface area contributed by atoms with Gasteiger partial charge in [0.25, 0.3) is 0 Å². The second-order valence-corrected chi connectivity index (χ2v) is 9.87. The van der Waals surface area contributed by atoms with Crippen LogP contribution in [0.5, 0.6) is 0 Å². The first-order valence-corrected chi connectivity index (χ1v) is 10.6. The van der Waals surface area contributed by atoms with E-state index in [0.717, 1.165) is 10.6 Å². The largest absolute Gasteiger partial charge is 0.296 e. The monoisotopic (exact) mass is 353 g/mol. The zero-order valence-corrected chi connectivity index (χ0v) is 15.8. The maximum atomic E-state index is 13.9. The van der Waals surface area contributed by atoms with Crippen molar-refractivity contribution in [2.75, 3.05) is 0 Å². The predicted molar refractivity (Wildman–Crippen MR) is 107 cm³/mol. The van der Waals surface area contributed by atoms with E-state index in [1.165, 1.54) is 16.4 Å². The summed E-state index contributed by atoms with van der Waals surface area (Å²) in [5.41, 5.74) is 2.46. The highest BCUT2D eigenvalue weighted by Gasteiger charge is 2.26. The lowest BCUT2D eigenvalue weighted by atomic mass is 10.2. The van der Waals surface area contributed by atoms with Crippen LogP contribution in [0, 0.1) is 13.8 Å². The third kappa shape index (κ3) is 3.84. The Morgan fingerprint density at radius 1 is 0.750 bits per heavy atom. The van der Waals surface area contributed by atoms with Crippen molar-refractivity contribution < 1.29 is 4.57 Å². The minimum Gasteiger partial charge on any atom is -0.296 e. The van der Waals surface area contributed by atoms with Gasteiger partial charge in [0.15, 0.2) is 0 Å². The molecule has 1 unspecified atom stereocenters. The molecule has 0 radical (unpaired) electrons. The number of nitrogens with one attached hydrogen (secondary N) is 1. The van der Waals surface area contributed by atoms with Crippen LogP contribution in [-0.4, -0.2) is 0 Å². The van der Waals surface area contributed by atoms with E-state index < -0.39 is 7.29 Å². The van der Waals surface area contributed by atoms with Crippen molar-refractivity contribution in [3.63, 3.8) is 0 Å². The van der Waals surface area contributed by atoms with E-state index in [9.17, 15) is 4.57 Å². The molecule has 0 heterocycles.